The second-order valence-electron chi connectivity index (χ2n) is 3.44. The number of ketones is 1. The zero-order valence-corrected chi connectivity index (χ0v) is 8.94. The normalized spacial score (nSPS) is 15.4. The van der Waals surface area contributed by atoms with Gasteiger partial charge in [0.2, 0.25) is 5.78 Å². The average molecular weight is 198 g/mol. The maximum atomic E-state index is 11.7. The highest BCUT2D eigenvalue weighted by atomic mass is 32.1. The van der Waals surface area contributed by atoms with Gasteiger partial charge in [-0.25, -0.2) is 0 Å². The molecule has 0 saturated heterocycles. The Balaban J connectivity index is 2.91. The first-order valence-corrected chi connectivity index (χ1v) is 5.17. The molecule has 1 aromatic heterocycles. The Bertz CT molecular complexity index is 312. The molecule has 0 aliphatic rings. The molecule has 3 heteroatoms. The van der Waals surface area contributed by atoms with Crippen LogP contribution in [0.5, 0.6) is 0 Å². The molecule has 0 aliphatic carbocycles. The lowest BCUT2D eigenvalue weighted by Crippen LogP contribution is -2.33. The summed E-state index contributed by atoms with van der Waals surface area (Å²) < 4.78 is 0. The van der Waals surface area contributed by atoms with E-state index in [-0.39, 0.29) is 5.78 Å². The molecule has 0 saturated carbocycles. The smallest absolute Gasteiger partial charge is 0.203 e. The zero-order chi connectivity index (χ0) is 10.1. The lowest BCUT2D eigenvalue weighted by Gasteiger charge is -2.18. The number of carbonyl (C=O) groups excluding carboxylic acids is 1. The van der Waals surface area contributed by atoms with Crippen molar-refractivity contribution in [2.24, 2.45) is 0 Å². The standard InChI is InChI=1S/C10H14O2S/c1-4-10(3,12)9(11)8-5-7(2)6-13-8/h5-6,12H,4H2,1-3H3. The van der Waals surface area contributed by atoms with Crippen LogP contribution in [-0.4, -0.2) is 16.5 Å². The number of hydrogen-bond donors (Lipinski definition) is 1. The molecule has 1 unspecified atom stereocenters. The van der Waals surface area contributed by atoms with Crippen LogP contribution in [0.1, 0.15) is 35.5 Å². The number of Topliss-reactive ketones (excluding diaryl/α,β-unsaturated/α-hetero) is 1. The molecule has 0 aliphatic heterocycles. The summed E-state index contributed by atoms with van der Waals surface area (Å²) in [6.45, 7) is 5.30. The Kier molecular flexibility index (Phi) is 2.88. The Morgan fingerprint density at radius 3 is 2.69 bits per heavy atom. The molecule has 0 amide bonds. The third-order valence-electron chi connectivity index (χ3n) is 2.13. The van der Waals surface area contributed by atoms with Gasteiger partial charge in [-0.05, 0) is 37.3 Å². The van der Waals surface area contributed by atoms with E-state index in [0.717, 1.165) is 5.56 Å². The molecule has 1 N–H and O–H groups in total. The first-order chi connectivity index (χ1) is 5.97. The fourth-order valence-electron chi connectivity index (χ4n) is 0.976. The van der Waals surface area contributed by atoms with E-state index in [1.54, 1.807) is 13.8 Å². The van der Waals surface area contributed by atoms with Crippen molar-refractivity contribution in [3.63, 3.8) is 0 Å². The van der Waals surface area contributed by atoms with Gasteiger partial charge in [-0.3, -0.25) is 4.79 Å². The molecule has 1 aromatic rings. The molecule has 0 radical (unpaired) electrons. The first kappa shape index (κ1) is 10.4. The van der Waals surface area contributed by atoms with E-state index >= 15 is 0 Å². The third-order valence-corrected chi connectivity index (χ3v) is 3.18. The molecule has 72 valence electrons. The van der Waals surface area contributed by atoms with Gasteiger partial charge in [0.1, 0.15) is 5.60 Å². The van der Waals surface area contributed by atoms with Gasteiger partial charge in [-0.2, -0.15) is 0 Å². The molecular formula is C10H14O2S. The summed E-state index contributed by atoms with van der Waals surface area (Å²) in [5, 5.41) is 11.6. The number of thiophene rings is 1. The van der Waals surface area contributed by atoms with Crippen molar-refractivity contribution in [3.05, 3.63) is 21.9 Å². The third kappa shape index (κ3) is 2.17. The second-order valence-corrected chi connectivity index (χ2v) is 4.36. The van der Waals surface area contributed by atoms with Crippen LogP contribution >= 0.6 is 11.3 Å². The Labute approximate surface area is 82.2 Å². The minimum absolute atomic E-state index is 0.173. The summed E-state index contributed by atoms with van der Waals surface area (Å²) in [4.78, 5) is 12.3. The highest BCUT2D eigenvalue weighted by molar-refractivity contribution is 7.12. The maximum absolute atomic E-state index is 11.7. The molecule has 2 nitrogen and oxygen atoms in total. The van der Waals surface area contributed by atoms with Crippen molar-refractivity contribution in [1.82, 2.24) is 0 Å². The van der Waals surface area contributed by atoms with Crippen LogP contribution in [0.4, 0.5) is 0 Å². The second kappa shape index (κ2) is 3.60. The fourth-order valence-corrected chi connectivity index (χ4v) is 1.94. The Morgan fingerprint density at radius 2 is 2.31 bits per heavy atom. The summed E-state index contributed by atoms with van der Waals surface area (Å²) in [5.74, 6) is -0.173. The van der Waals surface area contributed by atoms with Gasteiger partial charge in [0.05, 0.1) is 4.88 Å². The van der Waals surface area contributed by atoms with Crippen LogP contribution in [0.25, 0.3) is 0 Å². The summed E-state index contributed by atoms with van der Waals surface area (Å²) in [6, 6.07) is 1.82. The van der Waals surface area contributed by atoms with Crippen molar-refractivity contribution in [3.8, 4) is 0 Å². The zero-order valence-electron chi connectivity index (χ0n) is 8.13. The summed E-state index contributed by atoms with van der Waals surface area (Å²) in [5.41, 5.74) is -0.141. The lowest BCUT2D eigenvalue weighted by atomic mass is 9.97. The molecule has 1 atom stereocenters. The quantitative estimate of drug-likeness (QED) is 0.757. The highest BCUT2D eigenvalue weighted by Crippen LogP contribution is 2.22. The van der Waals surface area contributed by atoms with Crippen molar-refractivity contribution >= 4 is 17.1 Å². The number of hydrogen-bond acceptors (Lipinski definition) is 3. The van der Waals surface area contributed by atoms with E-state index in [1.807, 2.05) is 18.4 Å². The van der Waals surface area contributed by atoms with Crippen LogP contribution in [0.15, 0.2) is 11.4 Å². The summed E-state index contributed by atoms with van der Waals surface area (Å²) >= 11 is 1.39. The van der Waals surface area contributed by atoms with E-state index in [1.165, 1.54) is 11.3 Å². The Hall–Kier alpha value is -0.670. The van der Waals surface area contributed by atoms with E-state index in [9.17, 15) is 9.90 Å². The van der Waals surface area contributed by atoms with Gasteiger partial charge in [-0.15, -0.1) is 11.3 Å². The molecule has 0 bridgehead atoms. The minimum Gasteiger partial charge on any atom is -0.382 e. The van der Waals surface area contributed by atoms with Gasteiger partial charge < -0.3 is 5.11 Å². The minimum atomic E-state index is -1.21. The van der Waals surface area contributed by atoms with Crippen LogP contribution in [0.3, 0.4) is 0 Å². The maximum Gasteiger partial charge on any atom is 0.203 e. The fraction of sp³-hybridized carbons (Fsp3) is 0.500. The van der Waals surface area contributed by atoms with Crippen molar-refractivity contribution in [2.45, 2.75) is 32.8 Å². The van der Waals surface area contributed by atoms with Gasteiger partial charge in [0.25, 0.3) is 0 Å². The molecule has 1 heterocycles. The SMILES string of the molecule is CCC(C)(O)C(=O)c1cc(C)cs1. The highest BCUT2D eigenvalue weighted by Gasteiger charge is 2.29. The van der Waals surface area contributed by atoms with Crippen LogP contribution in [-0.2, 0) is 0 Å². The first-order valence-electron chi connectivity index (χ1n) is 4.29. The van der Waals surface area contributed by atoms with Crippen LogP contribution < -0.4 is 0 Å². The molecule has 0 spiro atoms. The van der Waals surface area contributed by atoms with Crippen molar-refractivity contribution < 1.29 is 9.90 Å². The molecule has 0 aromatic carbocycles. The summed E-state index contributed by atoms with van der Waals surface area (Å²) in [7, 11) is 0. The van der Waals surface area contributed by atoms with E-state index in [0.29, 0.717) is 11.3 Å². The average Bonchev–Trinajstić information content (AvgIpc) is 2.50. The van der Waals surface area contributed by atoms with Gasteiger partial charge in [-0.1, -0.05) is 6.92 Å². The molecule has 0 fully saturated rings. The van der Waals surface area contributed by atoms with Crippen LogP contribution in [0, 0.1) is 6.92 Å². The molecule has 13 heavy (non-hydrogen) atoms. The van der Waals surface area contributed by atoms with Crippen molar-refractivity contribution in [2.75, 3.05) is 0 Å². The number of aliphatic hydroxyl groups is 1. The predicted molar refractivity (Wildman–Crippen MR) is 54.3 cm³/mol. The number of rotatable bonds is 3. The predicted octanol–water partition coefficient (Wildman–Crippen LogP) is 2.40. The lowest BCUT2D eigenvalue weighted by molar-refractivity contribution is 0.0395. The topological polar surface area (TPSA) is 37.3 Å². The van der Waals surface area contributed by atoms with E-state index in [2.05, 4.69) is 0 Å². The largest absolute Gasteiger partial charge is 0.382 e. The number of aryl methyl sites for hydroxylation is 1. The molecule has 1 rings (SSSR count). The van der Waals surface area contributed by atoms with Gasteiger partial charge in [0.15, 0.2) is 0 Å². The van der Waals surface area contributed by atoms with E-state index in [4.69, 9.17) is 0 Å². The number of carbonyl (C=O) groups is 1. The monoisotopic (exact) mass is 198 g/mol. The summed E-state index contributed by atoms with van der Waals surface area (Å²) in [6.07, 6.45) is 0.447. The van der Waals surface area contributed by atoms with Gasteiger partial charge >= 0.3 is 0 Å². The van der Waals surface area contributed by atoms with Crippen LogP contribution in [0.2, 0.25) is 0 Å². The molecular weight excluding hydrogens is 184 g/mol. The van der Waals surface area contributed by atoms with Crippen molar-refractivity contribution in [1.29, 1.82) is 0 Å². The van der Waals surface area contributed by atoms with Gasteiger partial charge in [0, 0.05) is 0 Å². The Morgan fingerprint density at radius 1 is 1.69 bits per heavy atom. The van der Waals surface area contributed by atoms with E-state index < -0.39 is 5.60 Å².